The summed E-state index contributed by atoms with van der Waals surface area (Å²) in [6, 6.07) is 56.7. The van der Waals surface area contributed by atoms with Crippen molar-refractivity contribution in [2.75, 3.05) is 11.9 Å². The number of para-hydroxylation sites is 5. The maximum Gasteiger partial charge on any atom is 0.141 e. The van der Waals surface area contributed by atoms with Gasteiger partial charge in [0.15, 0.2) is 0 Å². The number of rotatable bonds is 2. The minimum absolute atomic E-state index is 0.119. The molecular weight excluding hydrogens is 573 g/mol. The van der Waals surface area contributed by atoms with Crippen molar-refractivity contribution in [1.29, 1.82) is 0 Å². The minimum Gasteiger partial charge on any atom is -0.359 e. The maximum atomic E-state index is 5.56. The van der Waals surface area contributed by atoms with E-state index in [9.17, 15) is 0 Å². The molecule has 4 nitrogen and oxygen atoms in total. The van der Waals surface area contributed by atoms with Gasteiger partial charge in [-0.3, -0.25) is 4.57 Å². The van der Waals surface area contributed by atoms with Gasteiger partial charge in [0, 0.05) is 34.3 Å². The number of fused-ring (bicyclic) bond motifs is 9. The quantitative estimate of drug-likeness (QED) is 0.193. The van der Waals surface area contributed by atoms with E-state index in [1.54, 1.807) is 0 Å². The predicted molar refractivity (Wildman–Crippen MR) is 198 cm³/mol. The molecule has 10 rings (SSSR count). The Morgan fingerprint density at radius 3 is 2.04 bits per heavy atom. The number of benzene rings is 7. The zero-order chi connectivity index (χ0) is 31.1. The Bertz CT molecular complexity index is 2710. The first kappa shape index (κ1) is 26.1. The zero-order valence-electron chi connectivity index (χ0n) is 25.9. The van der Waals surface area contributed by atoms with Crippen LogP contribution in [0.5, 0.6) is 0 Å². The summed E-state index contributed by atoms with van der Waals surface area (Å²) in [7, 11) is 2.21. The van der Waals surface area contributed by atoms with Gasteiger partial charge in [-0.15, -0.1) is 0 Å². The fourth-order valence-electron chi connectivity index (χ4n) is 7.88. The number of likely N-dealkylation sites (N-methyl/N-ethyl adjacent to an activating group) is 1. The van der Waals surface area contributed by atoms with Crippen LogP contribution in [0.1, 0.15) is 11.6 Å². The number of hydrogen-bond donors (Lipinski definition) is 0. The summed E-state index contributed by atoms with van der Waals surface area (Å²) in [5, 5.41) is 7.38. The summed E-state index contributed by atoms with van der Waals surface area (Å²) >= 11 is 0. The van der Waals surface area contributed by atoms with E-state index < -0.39 is 0 Å². The van der Waals surface area contributed by atoms with Crippen molar-refractivity contribution in [3.8, 4) is 5.69 Å². The van der Waals surface area contributed by atoms with Gasteiger partial charge in [0.05, 0.1) is 33.4 Å². The molecule has 0 saturated heterocycles. The molecule has 1 aliphatic rings. The molecule has 0 aliphatic carbocycles. The summed E-state index contributed by atoms with van der Waals surface area (Å²) in [6.07, 6.45) is 0. The highest BCUT2D eigenvalue weighted by Crippen LogP contribution is 2.45. The number of hydrogen-bond acceptors (Lipinski definition) is 2. The van der Waals surface area contributed by atoms with Gasteiger partial charge in [-0.05, 0) is 64.9 Å². The normalized spacial score (nSPS) is 14.8. The van der Waals surface area contributed by atoms with E-state index in [-0.39, 0.29) is 6.04 Å². The highest BCUT2D eigenvalue weighted by molar-refractivity contribution is 6.28. The van der Waals surface area contributed by atoms with Gasteiger partial charge in [0.2, 0.25) is 0 Å². The Kier molecular flexibility index (Phi) is 5.52. The van der Waals surface area contributed by atoms with Crippen molar-refractivity contribution in [2.24, 2.45) is 4.99 Å². The van der Waals surface area contributed by atoms with Gasteiger partial charge in [0.1, 0.15) is 11.9 Å². The van der Waals surface area contributed by atoms with Crippen molar-refractivity contribution in [2.45, 2.75) is 6.04 Å². The van der Waals surface area contributed by atoms with Crippen molar-refractivity contribution in [3.05, 3.63) is 163 Å². The standard InChI is InChI=1S/C43H30N4/c1-45-38-22-12-9-19-35(38)44-43(41(45)30-24-23-28-13-5-6-14-29(28)27-30)47-36-20-10-7-17-32(36)33-25-26-39-40(42(33)47)34-18-8-11-21-37(34)46(39)31-15-3-2-4-16-31/h2-27,41H,1H3. The first-order chi connectivity index (χ1) is 23.3. The summed E-state index contributed by atoms with van der Waals surface area (Å²) < 4.78 is 4.86. The van der Waals surface area contributed by atoms with Crippen molar-refractivity contribution < 1.29 is 0 Å². The first-order valence-electron chi connectivity index (χ1n) is 16.2. The monoisotopic (exact) mass is 602 g/mol. The fourth-order valence-corrected chi connectivity index (χ4v) is 7.88. The van der Waals surface area contributed by atoms with Crippen molar-refractivity contribution >= 4 is 71.6 Å². The molecule has 0 amide bonds. The van der Waals surface area contributed by atoms with Crippen LogP contribution in [0.15, 0.2) is 163 Å². The number of anilines is 1. The third-order valence-electron chi connectivity index (χ3n) is 9.93. The molecular formula is C43H30N4. The van der Waals surface area contributed by atoms with Crippen molar-refractivity contribution in [1.82, 2.24) is 9.13 Å². The van der Waals surface area contributed by atoms with E-state index in [2.05, 4.69) is 179 Å². The molecule has 1 aliphatic heterocycles. The van der Waals surface area contributed by atoms with Crippen LogP contribution < -0.4 is 4.90 Å². The van der Waals surface area contributed by atoms with E-state index >= 15 is 0 Å². The van der Waals surface area contributed by atoms with Gasteiger partial charge in [0.25, 0.3) is 0 Å². The molecule has 0 bridgehead atoms. The molecule has 222 valence electrons. The molecule has 47 heavy (non-hydrogen) atoms. The van der Waals surface area contributed by atoms with Gasteiger partial charge >= 0.3 is 0 Å². The Balaban J connectivity index is 1.37. The van der Waals surface area contributed by atoms with Gasteiger partial charge < -0.3 is 9.47 Å². The lowest BCUT2D eigenvalue weighted by Crippen LogP contribution is -2.37. The van der Waals surface area contributed by atoms with E-state index in [1.165, 1.54) is 54.4 Å². The molecule has 0 fully saturated rings. The molecule has 7 aromatic carbocycles. The molecule has 0 saturated carbocycles. The first-order valence-corrected chi connectivity index (χ1v) is 16.2. The topological polar surface area (TPSA) is 25.5 Å². The van der Waals surface area contributed by atoms with Crippen LogP contribution in [-0.2, 0) is 0 Å². The average molecular weight is 603 g/mol. The second-order valence-electron chi connectivity index (χ2n) is 12.5. The minimum atomic E-state index is -0.119. The third-order valence-corrected chi connectivity index (χ3v) is 9.93. The second kappa shape index (κ2) is 9.93. The predicted octanol–water partition coefficient (Wildman–Crippen LogP) is 10.8. The zero-order valence-corrected chi connectivity index (χ0v) is 25.9. The highest BCUT2D eigenvalue weighted by Gasteiger charge is 2.33. The van der Waals surface area contributed by atoms with Gasteiger partial charge in [-0.2, -0.15) is 0 Å². The molecule has 0 N–H and O–H groups in total. The van der Waals surface area contributed by atoms with Crippen LogP contribution in [-0.4, -0.2) is 22.0 Å². The van der Waals surface area contributed by atoms with Crippen LogP contribution in [0.25, 0.3) is 60.1 Å². The highest BCUT2D eigenvalue weighted by atomic mass is 15.2. The summed E-state index contributed by atoms with van der Waals surface area (Å²) in [5.41, 5.74) is 9.19. The lowest BCUT2D eigenvalue weighted by Gasteiger charge is -2.36. The van der Waals surface area contributed by atoms with Crippen LogP contribution in [0.2, 0.25) is 0 Å². The number of aromatic nitrogens is 2. The molecule has 1 unspecified atom stereocenters. The summed E-state index contributed by atoms with van der Waals surface area (Å²) in [5.74, 6) is 0.997. The third kappa shape index (κ3) is 3.73. The van der Waals surface area contributed by atoms with Crippen molar-refractivity contribution in [3.63, 3.8) is 0 Å². The Labute approximate surface area is 272 Å². The van der Waals surface area contributed by atoms with Gasteiger partial charge in [-0.1, -0.05) is 109 Å². The summed E-state index contributed by atoms with van der Waals surface area (Å²) in [6.45, 7) is 0. The largest absolute Gasteiger partial charge is 0.359 e. The average Bonchev–Trinajstić information content (AvgIpc) is 3.65. The number of nitrogens with zero attached hydrogens (tertiary/aromatic N) is 4. The van der Waals surface area contributed by atoms with E-state index in [0.717, 1.165) is 28.4 Å². The maximum absolute atomic E-state index is 5.56. The smallest absolute Gasteiger partial charge is 0.141 e. The molecule has 3 heterocycles. The van der Waals surface area contributed by atoms with Crippen LogP contribution in [0.4, 0.5) is 11.4 Å². The van der Waals surface area contributed by atoms with Crippen LogP contribution >= 0.6 is 0 Å². The SMILES string of the molecule is CN1c2ccccc2N=C(n2c3ccccc3c3ccc4c(c5ccccc5n4-c4ccccc4)c32)C1c1ccc2ccccc2c1. The molecule has 4 heteroatoms. The number of aliphatic imine (C=N–C) groups is 1. The fraction of sp³-hybridized carbons (Fsp3) is 0.0465. The molecule has 1 atom stereocenters. The Morgan fingerprint density at radius 1 is 0.511 bits per heavy atom. The van der Waals surface area contributed by atoms with E-state index in [1.807, 2.05) is 0 Å². The Morgan fingerprint density at radius 2 is 1.19 bits per heavy atom. The van der Waals surface area contributed by atoms with E-state index in [4.69, 9.17) is 4.99 Å². The lowest BCUT2D eigenvalue weighted by molar-refractivity contribution is 0.812. The summed E-state index contributed by atoms with van der Waals surface area (Å²) in [4.78, 5) is 7.96. The van der Waals surface area contributed by atoms with E-state index in [0.29, 0.717) is 0 Å². The Hall–Kier alpha value is -6.13. The molecule has 0 radical (unpaired) electrons. The second-order valence-corrected chi connectivity index (χ2v) is 12.5. The molecule has 2 aromatic heterocycles. The van der Waals surface area contributed by atoms with Gasteiger partial charge in [-0.25, -0.2) is 4.99 Å². The lowest BCUT2D eigenvalue weighted by atomic mass is 9.97. The molecule has 9 aromatic rings. The van der Waals surface area contributed by atoms with Crippen LogP contribution in [0, 0.1) is 0 Å². The van der Waals surface area contributed by atoms with Crippen LogP contribution in [0.3, 0.4) is 0 Å². The molecule has 0 spiro atoms.